The van der Waals surface area contributed by atoms with Gasteiger partial charge in [0.05, 0.1) is 12.9 Å². The number of carbonyl (C=O) groups excluding carboxylic acids is 1. The highest BCUT2D eigenvalue weighted by Gasteiger charge is 2.23. The van der Waals surface area contributed by atoms with Crippen LogP contribution in [-0.4, -0.2) is 47.0 Å². The molecule has 22 heavy (non-hydrogen) atoms. The minimum Gasteiger partial charge on any atom is -0.459 e. The lowest BCUT2D eigenvalue weighted by molar-refractivity contribution is 0.0598. The van der Waals surface area contributed by atoms with E-state index in [1.807, 2.05) is 29.2 Å². The number of furan rings is 1. The molecule has 2 heterocycles. The third kappa shape index (κ3) is 3.37. The van der Waals surface area contributed by atoms with Crippen molar-refractivity contribution in [2.24, 2.45) is 0 Å². The molecule has 1 aromatic heterocycles. The fraction of sp³-hybridized carbons (Fsp3) is 0.353. The molecule has 0 bridgehead atoms. The number of amides is 1. The van der Waals surface area contributed by atoms with Crippen molar-refractivity contribution in [1.82, 2.24) is 9.80 Å². The maximum absolute atomic E-state index is 12.2. The van der Waals surface area contributed by atoms with E-state index in [1.165, 1.54) is 11.8 Å². The molecule has 3 rings (SSSR count). The second kappa shape index (κ2) is 6.77. The number of carbonyl (C=O) groups is 1. The van der Waals surface area contributed by atoms with E-state index in [9.17, 15) is 4.79 Å². The van der Waals surface area contributed by atoms with Gasteiger partial charge in [-0.1, -0.05) is 24.3 Å². The van der Waals surface area contributed by atoms with E-state index in [-0.39, 0.29) is 12.5 Å². The molecule has 0 saturated carbocycles. The number of aliphatic hydroxyl groups excluding tert-OH is 1. The van der Waals surface area contributed by atoms with Crippen LogP contribution in [0.25, 0.3) is 0 Å². The molecule has 0 radical (unpaired) electrons. The number of benzene rings is 1. The smallest absolute Gasteiger partial charge is 0.289 e. The molecule has 0 atom stereocenters. The molecule has 0 spiro atoms. The second-order valence-corrected chi connectivity index (χ2v) is 5.52. The summed E-state index contributed by atoms with van der Waals surface area (Å²) in [7, 11) is 0. The highest BCUT2D eigenvalue weighted by Crippen LogP contribution is 2.12. The standard InChI is InChI=1S/C17H20N2O3/c20-13-15-5-3-14(4-6-15)12-18-7-9-19(10-8-18)17(21)16-2-1-11-22-16/h1-6,11,20H,7-10,12-13H2. The van der Waals surface area contributed by atoms with Crippen LogP contribution >= 0.6 is 0 Å². The van der Waals surface area contributed by atoms with Crippen molar-refractivity contribution in [2.75, 3.05) is 26.2 Å². The summed E-state index contributed by atoms with van der Waals surface area (Å²) in [5.41, 5.74) is 2.15. The van der Waals surface area contributed by atoms with E-state index in [0.717, 1.165) is 25.2 Å². The van der Waals surface area contributed by atoms with Gasteiger partial charge in [0, 0.05) is 32.7 Å². The fourth-order valence-electron chi connectivity index (χ4n) is 2.67. The predicted molar refractivity (Wildman–Crippen MR) is 82.3 cm³/mol. The van der Waals surface area contributed by atoms with Gasteiger partial charge in [0.1, 0.15) is 0 Å². The van der Waals surface area contributed by atoms with E-state index in [1.54, 1.807) is 12.1 Å². The van der Waals surface area contributed by atoms with Crippen molar-refractivity contribution in [1.29, 1.82) is 0 Å². The topological polar surface area (TPSA) is 56.9 Å². The van der Waals surface area contributed by atoms with Crippen LogP contribution in [0.3, 0.4) is 0 Å². The molecule has 1 amide bonds. The first kappa shape index (κ1) is 14.8. The lowest BCUT2D eigenvalue weighted by atomic mass is 10.1. The summed E-state index contributed by atoms with van der Waals surface area (Å²) < 4.78 is 5.17. The Morgan fingerprint density at radius 2 is 1.73 bits per heavy atom. The summed E-state index contributed by atoms with van der Waals surface area (Å²) in [6, 6.07) is 11.4. The second-order valence-electron chi connectivity index (χ2n) is 5.52. The zero-order valence-electron chi connectivity index (χ0n) is 12.4. The van der Waals surface area contributed by atoms with Crippen molar-refractivity contribution in [2.45, 2.75) is 13.2 Å². The molecule has 2 aromatic rings. The first-order valence-corrected chi connectivity index (χ1v) is 7.50. The number of piperazine rings is 1. The fourth-order valence-corrected chi connectivity index (χ4v) is 2.67. The normalized spacial score (nSPS) is 16.0. The summed E-state index contributed by atoms with van der Waals surface area (Å²) in [5, 5.41) is 9.05. The van der Waals surface area contributed by atoms with Crippen LogP contribution in [0, 0.1) is 0 Å². The van der Waals surface area contributed by atoms with E-state index in [0.29, 0.717) is 18.8 Å². The molecule has 1 aliphatic rings. The van der Waals surface area contributed by atoms with Gasteiger partial charge in [-0.15, -0.1) is 0 Å². The van der Waals surface area contributed by atoms with Crippen LogP contribution in [-0.2, 0) is 13.2 Å². The van der Waals surface area contributed by atoms with Gasteiger partial charge in [-0.2, -0.15) is 0 Å². The highest BCUT2D eigenvalue weighted by atomic mass is 16.3. The van der Waals surface area contributed by atoms with Gasteiger partial charge in [-0.3, -0.25) is 9.69 Å². The summed E-state index contributed by atoms with van der Waals surface area (Å²) in [6.07, 6.45) is 1.53. The van der Waals surface area contributed by atoms with Gasteiger partial charge >= 0.3 is 0 Å². The molecule has 0 unspecified atom stereocenters. The zero-order valence-corrected chi connectivity index (χ0v) is 12.4. The molecule has 1 saturated heterocycles. The third-order valence-corrected chi connectivity index (χ3v) is 4.00. The number of rotatable bonds is 4. The number of nitrogens with zero attached hydrogens (tertiary/aromatic N) is 2. The first-order valence-electron chi connectivity index (χ1n) is 7.50. The molecule has 0 aliphatic carbocycles. The Balaban J connectivity index is 1.52. The van der Waals surface area contributed by atoms with Crippen LogP contribution in [0.1, 0.15) is 21.7 Å². The van der Waals surface area contributed by atoms with Crippen LogP contribution in [0.2, 0.25) is 0 Å². The van der Waals surface area contributed by atoms with E-state index in [4.69, 9.17) is 9.52 Å². The molecule has 1 aliphatic heterocycles. The predicted octanol–water partition coefficient (Wildman–Crippen LogP) is 1.73. The Morgan fingerprint density at radius 1 is 1.05 bits per heavy atom. The summed E-state index contributed by atoms with van der Waals surface area (Å²) >= 11 is 0. The Morgan fingerprint density at radius 3 is 2.32 bits per heavy atom. The maximum atomic E-state index is 12.2. The average Bonchev–Trinajstić information content (AvgIpc) is 3.10. The van der Waals surface area contributed by atoms with Crippen LogP contribution < -0.4 is 0 Å². The number of hydrogen-bond acceptors (Lipinski definition) is 4. The van der Waals surface area contributed by atoms with Crippen molar-refractivity contribution in [3.05, 3.63) is 59.5 Å². The van der Waals surface area contributed by atoms with E-state index < -0.39 is 0 Å². The van der Waals surface area contributed by atoms with E-state index in [2.05, 4.69) is 4.90 Å². The molecule has 1 aromatic carbocycles. The van der Waals surface area contributed by atoms with Gasteiger partial charge < -0.3 is 14.4 Å². The number of aliphatic hydroxyl groups is 1. The van der Waals surface area contributed by atoms with E-state index >= 15 is 0 Å². The van der Waals surface area contributed by atoms with Gasteiger partial charge in [0.2, 0.25) is 0 Å². The van der Waals surface area contributed by atoms with Crippen LogP contribution in [0.4, 0.5) is 0 Å². The highest BCUT2D eigenvalue weighted by molar-refractivity contribution is 5.91. The van der Waals surface area contributed by atoms with Gasteiger partial charge in [0.15, 0.2) is 5.76 Å². The molecule has 5 heteroatoms. The van der Waals surface area contributed by atoms with Crippen molar-refractivity contribution < 1.29 is 14.3 Å². The Labute approximate surface area is 129 Å². The lowest BCUT2D eigenvalue weighted by Gasteiger charge is -2.34. The average molecular weight is 300 g/mol. The van der Waals surface area contributed by atoms with Crippen LogP contribution in [0.5, 0.6) is 0 Å². The monoisotopic (exact) mass is 300 g/mol. The van der Waals surface area contributed by atoms with Crippen LogP contribution in [0.15, 0.2) is 47.1 Å². The largest absolute Gasteiger partial charge is 0.459 e. The Kier molecular flexibility index (Phi) is 4.56. The minimum atomic E-state index is -0.0306. The molecule has 1 fully saturated rings. The quantitative estimate of drug-likeness (QED) is 0.934. The summed E-state index contributed by atoms with van der Waals surface area (Å²) in [5.74, 6) is 0.380. The summed E-state index contributed by atoms with van der Waals surface area (Å²) in [4.78, 5) is 16.4. The molecular weight excluding hydrogens is 280 g/mol. The molecular formula is C17H20N2O3. The molecule has 116 valence electrons. The van der Waals surface area contributed by atoms with Crippen molar-refractivity contribution >= 4 is 5.91 Å². The third-order valence-electron chi connectivity index (χ3n) is 4.00. The number of hydrogen-bond donors (Lipinski definition) is 1. The van der Waals surface area contributed by atoms with Crippen molar-refractivity contribution in [3.63, 3.8) is 0 Å². The summed E-state index contributed by atoms with van der Waals surface area (Å²) in [6.45, 7) is 4.09. The van der Waals surface area contributed by atoms with Crippen molar-refractivity contribution in [3.8, 4) is 0 Å². The van der Waals surface area contributed by atoms with Gasteiger partial charge in [0.25, 0.3) is 5.91 Å². The Bertz CT molecular complexity index is 599. The minimum absolute atomic E-state index is 0.0306. The zero-order chi connectivity index (χ0) is 15.4. The van der Waals surface area contributed by atoms with Gasteiger partial charge in [-0.05, 0) is 23.3 Å². The SMILES string of the molecule is O=C(c1ccco1)N1CCN(Cc2ccc(CO)cc2)CC1. The Hall–Kier alpha value is -2.11. The maximum Gasteiger partial charge on any atom is 0.289 e. The first-order chi connectivity index (χ1) is 10.8. The lowest BCUT2D eigenvalue weighted by Crippen LogP contribution is -2.48. The molecule has 1 N–H and O–H groups in total. The molecule has 5 nitrogen and oxygen atoms in total. The van der Waals surface area contributed by atoms with Gasteiger partial charge in [-0.25, -0.2) is 0 Å².